The molecule has 0 saturated carbocycles. The molecular weight excluding hydrogens is 144 g/mol. The van der Waals surface area contributed by atoms with Gasteiger partial charge >= 0.3 is 0 Å². The molecule has 2 aromatic rings. The Morgan fingerprint density at radius 1 is 1.36 bits per heavy atom. The SMILES string of the molecule is O=c1ccnc2nnccn12. The zero-order chi connectivity index (χ0) is 7.68. The Balaban J connectivity index is 3.03. The van der Waals surface area contributed by atoms with E-state index in [1.54, 1.807) is 0 Å². The van der Waals surface area contributed by atoms with E-state index in [4.69, 9.17) is 0 Å². The van der Waals surface area contributed by atoms with Crippen molar-refractivity contribution in [1.29, 1.82) is 0 Å². The minimum Gasteiger partial charge on any atom is -0.269 e. The van der Waals surface area contributed by atoms with Crippen molar-refractivity contribution in [1.82, 2.24) is 19.6 Å². The third-order valence-corrected chi connectivity index (χ3v) is 1.29. The Bertz CT molecular complexity index is 430. The predicted octanol–water partition coefficient (Wildman–Crippen LogP) is -0.516. The molecule has 0 aliphatic carbocycles. The highest BCUT2D eigenvalue weighted by Gasteiger charge is 1.93. The van der Waals surface area contributed by atoms with Crippen molar-refractivity contribution in [2.24, 2.45) is 0 Å². The van der Waals surface area contributed by atoms with Gasteiger partial charge in [0.1, 0.15) is 0 Å². The van der Waals surface area contributed by atoms with Gasteiger partial charge in [-0.3, -0.25) is 4.79 Å². The van der Waals surface area contributed by atoms with E-state index in [9.17, 15) is 4.79 Å². The van der Waals surface area contributed by atoms with Crippen molar-refractivity contribution >= 4 is 5.78 Å². The first kappa shape index (κ1) is 5.96. The molecule has 2 aromatic heterocycles. The van der Waals surface area contributed by atoms with Crippen molar-refractivity contribution in [3.05, 3.63) is 35.0 Å². The maximum absolute atomic E-state index is 11.0. The van der Waals surface area contributed by atoms with E-state index in [0.717, 1.165) is 0 Å². The molecule has 0 amide bonds. The van der Waals surface area contributed by atoms with Gasteiger partial charge in [-0.1, -0.05) is 0 Å². The normalized spacial score (nSPS) is 10.2. The fourth-order valence-corrected chi connectivity index (χ4v) is 0.804. The number of fused-ring (bicyclic) bond motifs is 1. The number of hydrogen-bond donors (Lipinski definition) is 0. The fraction of sp³-hybridized carbons (Fsp3) is 0. The van der Waals surface area contributed by atoms with Crippen LogP contribution in [0.15, 0.2) is 29.5 Å². The van der Waals surface area contributed by atoms with Crippen LogP contribution < -0.4 is 5.56 Å². The molecule has 5 nitrogen and oxygen atoms in total. The van der Waals surface area contributed by atoms with Crippen LogP contribution in [-0.2, 0) is 0 Å². The molecule has 5 heteroatoms. The van der Waals surface area contributed by atoms with Crippen molar-refractivity contribution in [3.63, 3.8) is 0 Å². The highest BCUT2D eigenvalue weighted by atomic mass is 16.1. The first-order chi connectivity index (χ1) is 5.38. The second kappa shape index (κ2) is 2.12. The van der Waals surface area contributed by atoms with E-state index >= 15 is 0 Å². The smallest absolute Gasteiger partial charge is 0.259 e. The van der Waals surface area contributed by atoms with Crippen LogP contribution in [-0.4, -0.2) is 19.6 Å². The van der Waals surface area contributed by atoms with E-state index < -0.39 is 0 Å². The Labute approximate surface area is 61.3 Å². The standard InChI is InChI=1S/C6H4N4O/c11-5-1-2-7-6-9-8-3-4-10(5)6/h1-4H. The van der Waals surface area contributed by atoms with Gasteiger partial charge in [-0.25, -0.2) is 9.38 Å². The Hall–Kier alpha value is -1.78. The van der Waals surface area contributed by atoms with Gasteiger partial charge in [0, 0.05) is 18.5 Å². The highest BCUT2D eigenvalue weighted by Crippen LogP contribution is 1.83. The third-order valence-electron chi connectivity index (χ3n) is 1.29. The van der Waals surface area contributed by atoms with Gasteiger partial charge < -0.3 is 0 Å². The summed E-state index contributed by atoms with van der Waals surface area (Å²) in [4.78, 5) is 14.9. The first-order valence-electron chi connectivity index (χ1n) is 3.03. The highest BCUT2D eigenvalue weighted by molar-refractivity contribution is 5.22. The molecule has 11 heavy (non-hydrogen) atoms. The molecule has 0 N–H and O–H groups in total. The molecule has 0 bridgehead atoms. The maximum Gasteiger partial charge on any atom is 0.259 e. The molecule has 2 heterocycles. The lowest BCUT2D eigenvalue weighted by Gasteiger charge is -1.92. The van der Waals surface area contributed by atoms with Crippen LogP contribution >= 0.6 is 0 Å². The third kappa shape index (κ3) is 0.861. The largest absolute Gasteiger partial charge is 0.269 e. The van der Waals surface area contributed by atoms with Crippen molar-refractivity contribution in [3.8, 4) is 0 Å². The molecule has 0 spiro atoms. The summed E-state index contributed by atoms with van der Waals surface area (Å²) >= 11 is 0. The summed E-state index contributed by atoms with van der Waals surface area (Å²) in [6.07, 6.45) is 4.38. The van der Waals surface area contributed by atoms with E-state index in [1.165, 1.54) is 29.1 Å². The van der Waals surface area contributed by atoms with E-state index in [0.29, 0.717) is 5.78 Å². The van der Waals surface area contributed by atoms with Crippen LogP contribution in [0.1, 0.15) is 0 Å². The monoisotopic (exact) mass is 148 g/mol. The van der Waals surface area contributed by atoms with Crippen LogP contribution in [0.3, 0.4) is 0 Å². The van der Waals surface area contributed by atoms with Crippen LogP contribution in [0, 0.1) is 0 Å². The van der Waals surface area contributed by atoms with Crippen molar-refractivity contribution < 1.29 is 0 Å². The van der Waals surface area contributed by atoms with Gasteiger partial charge in [0.15, 0.2) is 0 Å². The number of aromatic nitrogens is 4. The Morgan fingerprint density at radius 3 is 3.09 bits per heavy atom. The Morgan fingerprint density at radius 2 is 2.27 bits per heavy atom. The minimum atomic E-state index is -0.148. The predicted molar refractivity (Wildman–Crippen MR) is 37.1 cm³/mol. The van der Waals surface area contributed by atoms with Crippen LogP contribution in [0.25, 0.3) is 5.78 Å². The quantitative estimate of drug-likeness (QED) is 0.504. The average Bonchev–Trinajstić information content (AvgIpc) is 2.06. The molecule has 2 rings (SSSR count). The minimum absolute atomic E-state index is 0.148. The Kier molecular flexibility index (Phi) is 1.15. The van der Waals surface area contributed by atoms with Crippen LogP contribution in [0.5, 0.6) is 0 Å². The molecule has 0 atom stereocenters. The van der Waals surface area contributed by atoms with E-state index in [1.807, 2.05) is 0 Å². The molecular formula is C6H4N4O. The zero-order valence-electron chi connectivity index (χ0n) is 5.51. The summed E-state index contributed by atoms with van der Waals surface area (Å²) in [6, 6.07) is 1.37. The molecule has 0 radical (unpaired) electrons. The summed E-state index contributed by atoms with van der Waals surface area (Å²) in [5.41, 5.74) is -0.148. The van der Waals surface area contributed by atoms with Gasteiger partial charge in [-0.2, -0.15) is 5.10 Å². The lowest BCUT2D eigenvalue weighted by molar-refractivity contribution is 0.911. The topological polar surface area (TPSA) is 60.2 Å². The maximum atomic E-state index is 11.0. The van der Waals surface area contributed by atoms with Gasteiger partial charge in [0.25, 0.3) is 11.3 Å². The summed E-state index contributed by atoms with van der Waals surface area (Å²) in [7, 11) is 0. The van der Waals surface area contributed by atoms with Gasteiger partial charge in [-0.15, -0.1) is 5.10 Å². The lowest BCUT2D eigenvalue weighted by Crippen LogP contribution is -2.13. The summed E-state index contributed by atoms with van der Waals surface area (Å²) in [5.74, 6) is 0.319. The van der Waals surface area contributed by atoms with Crippen molar-refractivity contribution in [2.45, 2.75) is 0 Å². The summed E-state index contributed by atoms with van der Waals surface area (Å²) < 4.78 is 1.33. The van der Waals surface area contributed by atoms with E-state index in [-0.39, 0.29) is 5.56 Å². The molecule has 0 aliphatic rings. The first-order valence-corrected chi connectivity index (χ1v) is 3.03. The van der Waals surface area contributed by atoms with E-state index in [2.05, 4.69) is 15.2 Å². The van der Waals surface area contributed by atoms with Gasteiger partial charge in [0.05, 0.1) is 6.20 Å². The molecule has 0 aliphatic heterocycles. The number of hydrogen-bond acceptors (Lipinski definition) is 4. The second-order valence-electron chi connectivity index (χ2n) is 1.97. The molecule has 54 valence electrons. The molecule has 0 fully saturated rings. The number of nitrogens with zero attached hydrogens (tertiary/aromatic N) is 4. The molecule has 0 unspecified atom stereocenters. The average molecular weight is 148 g/mol. The second-order valence-corrected chi connectivity index (χ2v) is 1.97. The molecule has 0 saturated heterocycles. The molecule has 0 aromatic carbocycles. The van der Waals surface area contributed by atoms with Gasteiger partial charge in [-0.05, 0) is 0 Å². The van der Waals surface area contributed by atoms with Crippen LogP contribution in [0.4, 0.5) is 0 Å². The summed E-state index contributed by atoms with van der Waals surface area (Å²) in [5, 5.41) is 7.23. The van der Waals surface area contributed by atoms with Crippen LogP contribution in [0.2, 0.25) is 0 Å². The summed E-state index contributed by atoms with van der Waals surface area (Å²) in [6.45, 7) is 0. The van der Waals surface area contributed by atoms with Gasteiger partial charge in [0.2, 0.25) is 0 Å². The fourth-order valence-electron chi connectivity index (χ4n) is 0.804. The number of rotatable bonds is 0. The van der Waals surface area contributed by atoms with Crippen molar-refractivity contribution in [2.75, 3.05) is 0 Å². The zero-order valence-corrected chi connectivity index (χ0v) is 5.51. The lowest BCUT2D eigenvalue weighted by atomic mass is 10.6.